The second-order valence-electron chi connectivity index (χ2n) is 7.77. The summed E-state index contributed by atoms with van der Waals surface area (Å²) in [5.74, 6) is 2.98. The molecular weight excluding hydrogens is 232 g/mol. The van der Waals surface area contributed by atoms with Gasteiger partial charge in [0.05, 0.1) is 5.54 Å². The molecule has 1 heterocycles. The lowest BCUT2D eigenvalue weighted by Gasteiger charge is -2.63. The molecule has 1 atom stereocenters. The molecule has 0 radical (unpaired) electrons. The lowest BCUT2D eigenvalue weighted by Crippen LogP contribution is -2.60. The molecular formula is C17H26N2. The van der Waals surface area contributed by atoms with E-state index < -0.39 is 0 Å². The summed E-state index contributed by atoms with van der Waals surface area (Å²) >= 11 is 0. The van der Waals surface area contributed by atoms with Gasteiger partial charge in [0, 0.05) is 18.9 Å². The van der Waals surface area contributed by atoms with Gasteiger partial charge in [0.1, 0.15) is 0 Å². The number of hydrogen-bond acceptors (Lipinski definition) is 1. The van der Waals surface area contributed by atoms with Gasteiger partial charge < -0.3 is 10.3 Å². The fourth-order valence-electron chi connectivity index (χ4n) is 6.03. The van der Waals surface area contributed by atoms with Crippen LogP contribution in [0, 0.1) is 23.2 Å². The molecule has 4 aliphatic rings. The van der Waals surface area contributed by atoms with Crippen LogP contribution in [0.3, 0.4) is 0 Å². The fourth-order valence-corrected chi connectivity index (χ4v) is 6.03. The molecule has 2 nitrogen and oxygen atoms in total. The maximum atomic E-state index is 6.30. The summed E-state index contributed by atoms with van der Waals surface area (Å²) in [6.07, 6.45) is 13.2. The first-order valence-electron chi connectivity index (χ1n) is 7.99. The summed E-state index contributed by atoms with van der Waals surface area (Å²) in [6.45, 7) is 3.19. The summed E-state index contributed by atoms with van der Waals surface area (Å²) in [5, 5.41) is 0. The van der Waals surface area contributed by atoms with Gasteiger partial charge >= 0.3 is 0 Å². The summed E-state index contributed by atoms with van der Waals surface area (Å²) in [6, 6.07) is 4.29. The second kappa shape index (κ2) is 3.88. The molecule has 1 unspecified atom stereocenters. The van der Waals surface area contributed by atoms with E-state index >= 15 is 0 Å². The average molecular weight is 258 g/mol. The van der Waals surface area contributed by atoms with Gasteiger partial charge in [-0.05, 0) is 80.8 Å². The van der Waals surface area contributed by atoms with E-state index in [-0.39, 0.29) is 5.54 Å². The molecule has 4 fully saturated rings. The van der Waals surface area contributed by atoms with Crippen LogP contribution >= 0.6 is 0 Å². The van der Waals surface area contributed by atoms with Gasteiger partial charge in [0.25, 0.3) is 0 Å². The Kier molecular flexibility index (Phi) is 2.45. The molecule has 0 saturated heterocycles. The lowest BCUT2D eigenvalue weighted by atomic mass is 9.45. The third-order valence-electron chi connectivity index (χ3n) is 6.75. The topological polar surface area (TPSA) is 30.9 Å². The molecule has 0 amide bonds. The first-order valence-corrected chi connectivity index (χ1v) is 7.99. The maximum absolute atomic E-state index is 6.30. The molecule has 1 aromatic heterocycles. The quantitative estimate of drug-likeness (QED) is 0.885. The van der Waals surface area contributed by atoms with E-state index in [9.17, 15) is 0 Å². The molecule has 0 aliphatic heterocycles. The highest BCUT2D eigenvalue weighted by Crippen LogP contribution is 2.65. The van der Waals surface area contributed by atoms with Crippen molar-refractivity contribution in [2.75, 3.05) is 6.54 Å². The molecule has 2 heteroatoms. The van der Waals surface area contributed by atoms with Crippen molar-refractivity contribution in [2.24, 2.45) is 28.9 Å². The molecule has 4 bridgehead atoms. The third kappa shape index (κ3) is 1.53. The van der Waals surface area contributed by atoms with Crippen LogP contribution in [0.4, 0.5) is 0 Å². The van der Waals surface area contributed by atoms with Crippen LogP contribution in [0.2, 0.25) is 0 Å². The van der Waals surface area contributed by atoms with E-state index in [4.69, 9.17) is 5.73 Å². The zero-order valence-corrected chi connectivity index (χ0v) is 12.0. The predicted molar refractivity (Wildman–Crippen MR) is 77.7 cm³/mol. The summed E-state index contributed by atoms with van der Waals surface area (Å²) in [5.41, 5.74) is 6.88. The summed E-state index contributed by atoms with van der Waals surface area (Å²) in [7, 11) is 0. The number of nitrogens with two attached hydrogens (primary N) is 1. The van der Waals surface area contributed by atoms with Crippen LogP contribution < -0.4 is 5.73 Å². The standard InChI is InChI=1S/C17H26N2/c1-16(12-18,19-4-2-3-5-19)17-9-13-6-14(10-17)8-15(7-13)11-17/h2-5,13-15H,6-12,18H2,1H3. The Balaban J connectivity index is 1.77. The van der Waals surface area contributed by atoms with Crippen molar-refractivity contribution in [3.05, 3.63) is 24.5 Å². The lowest BCUT2D eigenvalue weighted by molar-refractivity contribution is -0.115. The minimum Gasteiger partial charge on any atom is -0.347 e. The molecule has 5 rings (SSSR count). The smallest absolute Gasteiger partial charge is 0.0589 e. The first kappa shape index (κ1) is 12.0. The number of aromatic nitrogens is 1. The van der Waals surface area contributed by atoms with Gasteiger partial charge in [-0.25, -0.2) is 0 Å². The minimum absolute atomic E-state index is 0.118. The van der Waals surface area contributed by atoms with Gasteiger partial charge in [0.2, 0.25) is 0 Å². The Bertz CT molecular complexity index is 426. The SMILES string of the molecule is CC(CN)(n1cccc1)C12CC3CC(CC(C3)C1)C2. The highest BCUT2D eigenvalue weighted by Gasteiger charge is 2.58. The Morgan fingerprint density at radius 2 is 1.53 bits per heavy atom. The van der Waals surface area contributed by atoms with Gasteiger partial charge in [-0.15, -0.1) is 0 Å². The van der Waals surface area contributed by atoms with Crippen molar-refractivity contribution in [3.63, 3.8) is 0 Å². The van der Waals surface area contributed by atoms with Crippen LogP contribution in [0.1, 0.15) is 45.4 Å². The molecule has 19 heavy (non-hydrogen) atoms. The van der Waals surface area contributed by atoms with Crippen molar-refractivity contribution in [1.82, 2.24) is 4.57 Å². The van der Waals surface area contributed by atoms with Crippen LogP contribution in [0.5, 0.6) is 0 Å². The molecule has 2 N–H and O–H groups in total. The largest absolute Gasteiger partial charge is 0.347 e. The Labute approximate surface area is 116 Å². The summed E-state index contributed by atoms with van der Waals surface area (Å²) < 4.78 is 2.42. The van der Waals surface area contributed by atoms with Crippen molar-refractivity contribution < 1.29 is 0 Å². The van der Waals surface area contributed by atoms with Gasteiger partial charge in [0.15, 0.2) is 0 Å². The van der Waals surface area contributed by atoms with E-state index in [0.29, 0.717) is 5.41 Å². The van der Waals surface area contributed by atoms with E-state index in [2.05, 4.69) is 36.0 Å². The number of hydrogen-bond donors (Lipinski definition) is 1. The van der Waals surface area contributed by atoms with Crippen molar-refractivity contribution in [1.29, 1.82) is 0 Å². The Morgan fingerprint density at radius 3 is 1.95 bits per heavy atom. The monoisotopic (exact) mass is 258 g/mol. The minimum atomic E-state index is 0.118. The van der Waals surface area contributed by atoms with Crippen molar-refractivity contribution in [2.45, 2.75) is 51.0 Å². The van der Waals surface area contributed by atoms with E-state index in [1.807, 2.05) is 0 Å². The third-order valence-corrected chi connectivity index (χ3v) is 6.75. The van der Waals surface area contributed by atoms with Gasteiger partial charge in [-0.2, -0.15) is 0 Å². The molecule has 4 saturated carbocycles. The van der Waals surface area contributed by atoms with Crippen LogP contribution in [-0.4, -0.2) is 11.1 Å². The normalized spacial score (nSPS) is 43.4. The number of nitrogens with zero attached hydrogens (tertiary/aromatic N) is 1. The predicted octanol–water partition coefficient (Wildman–Crippen LogP) is 3.38. The van der Waals surface area contributed by atoms with Crippen LogP contribution in [0.15, 0.2) is 24.5 Å². The van der Waals surface area contributed by atoms with Crippen LogP contribution in [0.25, 0.3) is 0 Å². The van der Waals surface area contributed by atoms with E-state index in [1.165, 1.54) is 38.5 Å². The molecule has 0 spiro atoms. The molecule has 0 aromatic carbocycles. The number of rotatable bonds is 3. The van der Waals surface area contributed by atoms with Crippen molar-refractivity contribution >= 4 is 0 Å². The highest BCUT2D eigenvalue weighted by molar-refractivity contribution is 5.13. The fraction of sp³-hybridized carbons (Fsp3) is 0.765. The first-order chi connectivity index (χ1) is 9.15. The van der Waals surface area contributed by atoms with Gasteiger partial charge in [-0.1, -0.05) is 0 Å². The van der Waals surface area contributed by atoms with Crippen LogP contribution in [-0.2, 0) is 5.54 Å². The molecule has 1 aromatic rings. The molecule has 104 valence electrons. The maximum Gasteiger partial charge on any atom is 0.0589 e. The van der Waals surface area contributed by atoms with E-state index in [0.717, 1.165) is 24.3 Å². The zero-order chi connectivity index (χ0) is 13.1. The van der Waals surface area contributed by atoms with E-state index in [1.54, 1.807) is 0 Å². The Hall–Kier alpha value is -0.760. The second-order valence-corrected chi connectivity index (χ2v) is 7.77. The Morgan fingerprint density at radius 1 is 1.05 bits per heavy atom. The highest BCUT2D eigenvalue weighted by atomic mass is 15.1. The zero-order valence-electron chi connectivity index (χ0n) is 12.0. The molecule has 4 aliphatic carbocycles. The average Bonchev–Trinajstić information content (AvgIpc) is 2.90. The van der Waals surface area contributed by atoms with Gasteiger partial charge in [-0.3, -0.25) is 0 Å². The summed E-state index contributed by atoms with van der Waals surface area (Å²) in [4.78, 5) is 0. The van der Waals surface area contributed by atoms with Crippen molar-refractivity contribution in [3.8, 4) is 0 Å².